The Labute approximate surface area is 365 Å². The summed E-state index contributed by atoms with van der Waals surface area (Å²) in [5.74, 6) is -1.33. The van der Waals surface area contributed by atoms with Crippen LogP contribution in [0.3, 0.4) is 0 Å². The van der Waals surface area contributed by atoms with Crippen LogP contribution in [0.25, 0.3) is 0 Å². The van der Waals surface area contributed by atoms with Gasteiger partial charge < -0.3 is 82.4 Å². The topological polar surface area (TPSA) is 447 Å². The number of ether oxygens (including phenoxy) is 2. The second kappa shape index (κ2) is 35.1. The molecule has 24 nitrogen and oxygen atoms in total. The number of methoxy groups -OCH3 is 2. The zero-order valence-electron chi connectivity index (χ0n) is 27.5. The average molecular weight is 1060 g/mol. The van der Waals surface area contributed by atoms with Crippen LogP contribution < -0.4 is 29.9 Å². The molecule has 0 aliphatic carbocycles. The first-order valence-corrected chi connectivity index (χ1v) is 12.6. The van der Waals surface area contributed by atoms with Crippen LogP contribution in [0.1, 0.15) is 22.5 Å². The number of nitrogens with zero attached hydrogens (tertiary/aromatic N) is 8. The van der Waals surface area contributed by atoms with Crippen molar-refractivity contribution < 1.29 is 138 Å². The second-order valence-corrected chi connectivity index (χ2v) is 7.93. The van der Waals surface area contributed by atoms with Crippen LogP contribution in [0.4, 0.5) is 0 Å². The molecule has 2 heterocycles. The summed E-state index contributed by atoms with van der Waals surface area (Å²) in [5.41, 5.74) is 0.971. The molecule has 0 saturated heterocycles. The van der Waals surface area contributed by atoms with E-state index in [4.69, 9.17) is 40.1 Å². The fourth-order valence-electron chi connectivity index (χ4n) is 2.96. The summed E-state index contributed by atoms with van der Waals surface area (Å²) in [4.78, 5) is 24.2. The summed E-state index contributed by atoms with van der Waals surface area (Å²) in [5, 5.41) is 90.4. The van der Waals surface area contributed by atoms with Gasteiger partial charge in [-0.15, -0.1) is 0 Å². The standard InChI is InChI=1S/2C14H13N3O3.2Dy.2NO3.4H2O/c2*1-20-12-7-4-5-10(13(12)18)9-16-17-14(19)11-6-2-3-8-15-11;;;2*2-1(3)4;;;;/h2*2-9,18H,1H3,(H,17,19);;;;;4*1H2/q;;2*+3;2*-1;;;;/p-2/b2*16-9+;;;;;;;;. The molecule has 298 valence electrons. The van der Waals surface area contributed by atoms with Gasteiger partial charge in [-0.25, -0.2) is 0 Å². The van der Waals surface area contributed by atoms with Crippen molar-refractivity contribution in [2.45, 2.75) is 0 Å². The molecule has 26 heteroatoms. The van der Waals surface area contributed by atoms with E-state index in [0.717, 1.165) is 0 Å². The van der Waals surface area contributed by atoms with Crippen molar-refractivity contribution >= 4 is 24.2 Å². The third-order valence-corrected chi connectivity index (χ3v) is 4.92. The maximum atomic E-state index is 11.8. The van der Waals surface area contributed by atoms with Gasteiger partial charge in [0.25, 0.3) is 0 Å². The molecule has 0 amide bonds. The van der Waals surface area contributed by atoms with Crippen molar-refractivity contribution in [2.24, 2.45) is 20.4 Å². The number of hydrogen-bond donors (Lipinski definition) is 0. The van der Waals surface area contributed by atoms with E-state index in [1.807, 2.05) is 0 Å². The van der Waals surface area contributed by atoms with E-state index in [2.05, 4.69) is 30.4 Å². The molecule has 4 aromatic rings. The summed E-state index contributed by atoms with van der Waals surface area (Å²) in [6.45, 7) is 0. The molecule has 0 bridgehead atoms. The van der Waals surface area contributed by atoms with Gasteiger partial charge in [0, 0.05) is 24.2 Å². The Morgan fingerprint density at radius 3 is 1.19 bits per heavy atom. The molecular formula is C28H32Dy2N8O16+2. The maximum Gasteiger partial charge on any atom is 3.00 e. The van der Waals surface area contributed by atoms with Gasteiger partial charge in [0.15, 0.2) is 0 Å². The Bertz CT molecular complexity index is 1610. The molecule has 2 radical (unpaired) electrons. The Balaban J connectivity index is -0.000000163. The van der Waals surface area contributed by atoms with Gasteiger partial charge in [0.05, 0.1) is 48.2 Å². The largest absolute Gasteiger partial charge is 3.00 e. The first kappa shape index (κ1) is 61.1. The van der Waals surface area contributed by atoms with E-state index in [1.165, 1.54) is 51.2 Å². The molecule has 4 rings (SSSR count). The molecular weight excluding hydrogens is 1030 g/mol. The number of para-hydroxylation sites is 2. The normalized spacial score (nSPS) is 9.59. The molecule has 10 N–H and O–H groups in total. The Hall–Kier alpha value is -4.99. The summed E-state index contributed by atoms with van der Waals surface area (Å²) in [7, 11) is 2.82. The summed E-state index contributed by atoms with van der Waals surface area (Å²) < 4.78 is 9.80. The minimum atomic E-state index is -1.75. The van der Waals surface area contributed by atoms with Crippen molar-refractivity contribution in [2.75, 3.05) is 14.2 Å². The number of rotatable bonds is 8. The van der Waals surface area contributed by atoms with E-state index >= 15 is 0 Å². The summed E-state index contributed by atoms with van der Waals surface area (Å²) in [6, 6.07) is 19.4. The molecule has 0 aliphatic rings. The van der Waals surface area contributed by atoms with Gasteiger partial charge in [-0.3, -0.25) is 9.97 Å². The summed E-state index contributed by atoms with van der Waals surface area (Å²) in [6.07, 6.45) is 5.41. The zero-order chi connectivity index (χ0) is 35.9. The van der Waals surface area contributed by atoms with Crippen LogP contribution in [-0.4, -0.2) is 69.5 Å². The van der Waals surface area contributed by atoms with Crippen LogP contribution >= 0.6 is 0 Å². The molecule has 0 aliphatic heterocycles. The van der Waals surface area contributed by atoms with Gasteiger partial charge in [-0.1, -0.05) is 47.9 Å². The van der Waals surface area contributed by atoms with Crippen LogP contribution in [0, 0.1) is 107 Å². The number of pyridine rings is 2. The van der Waals surface area contributed by atoms with Crippen molar-refractivity contribution in [1.29, 1.82) is 0 Å². The van der Waals surface area contributed by atoms with E-state index in [0.29, 0.717) is 11.1 Å². The monoisotopic (exact) mass is 1060 g/mol. The van der Waals surface area contributed by atoms with E-state index in [-0.39, 0.29) is 133 Å². The van der Waals surface area contributed by atoms with E-state index in [9.17, 15) is 20.4 Å². The van der Waals surface area contributed by atoms with Crippen molar-refractivity contribution in [3.63, 3.8) is 0 Å². The Morgan fingerprint density at radius 2 is 0.926 bits per heavy atom. The zero-order valence-corrected chi connectivity index (χ0v) is 31.6. The van der Waals surface area contributed by atoms with Gasteiger partial charge in [-0.05, 0) is 47.5 Å². The molecule has 54 heavy (non-hydrogen) atoms. The fourth-order valence-corrected chi connectivity index (χ4v) is 2.96. The third kappa shape index (κ3) is 25.1. The SMILES string of the molecule is COc1cccc(/C=N/N=C(\[O-])c2ccccn2)c1[O-].COc1cccc(/C=N/N=C(\[O-])c2ccccn2)c1[O-].O.O.O=[N+]([O-])[O-].O=[N+]([O-])[O-].[Dy+3].[Dy+3].[OH3+].[OH3+]. The molecule has 0 fully saturated rings. The number of hydrogen-bond acceptors (Lipinski definition) is 18. The average Bonchev–Trinajstić information content (AvgIpc) is 3.07. The molecule has 2 aromatic heterocycles. The van der Waals surface area contributed by atoms with Crippen molar-refractivity contribution in [3.05, 3.63) is 138 Å². The number of benzene rings is 2. The van der Waals surface area contributed by atoms with E-state index < -0.39 is 22.0 Å². The first-order chi connectivity index (χ1) is 22.9. The molecule has 0 saturated carbocycles. The molecule has 0 spiro atoms. The third-order valence-electron chi connectivity index (χ3n) is 4.92. The predicted molar refractivity (Wildman–Crippen MR) is 179 cm³/mol. The molecule has 0 atom stereocenters. The maximum absolute atomic E-state index is 11.8. The van der Waals surface area contributed by atoms with Gasteiger partial charge in [-0.2, -0.15) is 20.4 Å². The van der Waals surface area contributed by atoms with Gasteiger partial charge in [0.2, 0.25) is 0 Å². The van der Waals surface area contributed by atoms with Gasteiger partial charge >= 0.3 is 76.3 Å². The van der Waals surface area contributed by atoms with Crippen LogP contribution in [0.15, 0.2) is 106 Å². The van der Waals surface area contributed by atoms with Crippen LogP contribution in [-0.2, 0) is 11.0 Å². The fraction of sp³-hybridized carbons (Fsp3) is 0.0714. The van der Waals surface area contributed by atoms with Crippen LogP contribution in [0.5, 0.6) is 23.0 Å². The van der Waals surface area contributed by atoms with E-state index in [1.54, 1.807) is 60.7 Å². The number of aromatic nitrogens is 2. The minimum absolute atomic E-state index is 0. The Morgan fingerprint density at radius 1 is 0.611 bits per heavy atom. The molecule has 2 aromatic carbocycles. The first-order valence-electron chi connectivity index (χ1n) is 12.6. The smallest absolute Gasteiger partial charge is 0.870 e. The molecule has 0 unspecified atom stereocenters. The van der Waals surface area contributed by atoms with Gasteiger partial charge in [0.1, 0.15) is 11.5 Å². The summed E-state index contributed by atoms with van der Waals surface area (Å²) >= 11 is 0. The second-order valence-electron chi connectivity index (χ2n) is 7.93. The van der Waals surface area contributed by atoms with Crippen molar-refractivity contribution in [1.82, 2.24) is 9.97 Å². The van der Waals surface area contributed by atoms with Crippen molar-refractivity contribution in [3.8, 4) is 23.0 Å². The Kier molecular flexibility index (Phi) is 39.6. The van der Waals surface area contributed by atoms with Crippen LogP contribution in [0.2, 0.25) is 0 Å². The quantitative estimate of drug-likeness (QED) is 0.0547. The minimum Gasteiger partial charge on any atom is -0.870 e. The predicted octanol–water partition coefficient (Wildman–Crippen LogP) is -3.36.